The SMILES string of the molecule is O=C(/C=C/c1ccc(Br)o1)c1cccc(C(=O)/C=C/c2ccc(Br)o2)c1. The third kappa shape index (κ3) is 4.80. The van der Waals surface area contributed by atoms with Crippen LogP contribution in [0.3, 0.4) is 0 Å². The number of furan rings is 2. The Bertz CT molecular complexity index is 931. The molecule has 0 saturated carbocycles. The maximum Gasteiger partial charge on any atom is 0.185 e. The zero-order valence-corrected chi connectivity index (χ0v) is 16.5. The number of hydrogen-bond donors (Lipinski definition) is 0. The first-order valence-electron chi connectivity index (χ1n) is 7.57. The molecule has 130 valence electrons. The Kier molecular flexibility index (Phi) is 5.85. The summed E-state index contributed by atoms with van der Waals surface area (Å²) in [4.78, 5) is 24.6. The van der Waals surface area contributed by atoms with E-state index >= 15 is 0 Å². The van der Waals surface area contributed by atoms with Crippen molar-refractivity contribution < 1.29 is 18.4 Å². The summed E-state index contributed by atoms with van der Waals surface area (Å²) >= 11 is 6.41. The summed E-state index contributed by atoms with van der Waals surface area (Å²) in [7, 11) is 0. The fraction of sp³-hybridized carbons (Fsp3) is 0. The molecule has 0 atom stereocenters. The number of benzene rings is 1. The normalized spacial score (nSPS) is 11.5. The van der Waals surface area contributed by atoms with Crippen molar-refractivity contribution in [2.45, 2.75) is 0 Å². The van der Waals surface area contributed by atoms with Crippen LogP contribution in [0.5, 0.6) is 0 Å². The molecule has 0 fully saturated rings. The van der Waals surface area contributed by atoms with Gasteiger partial charge >= 0.3 is 0 Å². The van der Waals surface area contributed by atoms with Gasteiger partial charge in [-0.25, -0.2) is 0 Å². The van der Waals surface area contributed by atoms with Crippen molar-refractivity contribution in [2.24, 2.45) is 0 Å². The topological polar surface area (TPSA) is 60.4 Å². The highest BCUT2D eigenvalue weighted by Crippen LogP contribution is 2.17. The molecule has 26 heavy (non-hydrogen) atoms. The van der Waals surface area contributed by atoms with Crippen molar-refractivity contribution in [1.29, 1.82) is 0 Å². The maximum absolute atomic E-state index is 12.3. The predicted octanol–water partition coefficient (Wildman–Crippen LogP) is 6.19. The highest BCUT2D eigenvalue weighted by atomic mass is 79.9. The van der Waals surface area contributed by atoms with Crippen LogP contribution in [-0.4, -0.2) is 11.6 Å². The number of ketones is 2. The van der Waals surface area contributed by atoms with Crippen molar-refractivity contribution in [3.63, 3.8) is 0 Å². The van der Waals surface area contributed by atoms with Gasteiger partial charge in [0.2, 0.25) is 0 Å². The van der Waals surface area contributed by atoms with Crippen LogP contribution in [0.15, 0.2) is 78.9 Å². The third-order valence-corrected chi connectivity index (χ3v) is 4.27. The molecule has 1 aromatic carbocycles. The summed E-state index contributed by atoms with van der Waals surface area (Å²) in [6.45, 7) is 0. The Morgan fingerprint density at radius 2 is 1.19 bits per heavy atom. The molecular formula is C20H12Br2O4. The van der Waals surface area contributed by atoms with E-state index in [9.17, 15) is 9.59 Å². The number of carbonyl (C=O) groups excluding carboxylic acids is 2. The summed E-state index contributed by atoms with van der Waals surface area (Å²) in [5.41, 5.74) is 0.846. The second kappa shape index (κ2) is 8.29. The van der Waals surface area contributed by atoms with Crippen LogP contribution >= 0.6 is 31.9 Å². The Balaban J connectivity index is 1.72. The van der Waals surface area contributed by atoms with Crippen LogP contribution in [0.4, 0.5) is 0 Å². The van der Waals surface area contributed by atoms with E-state index in [1.165, 1.54) is 12.2 Å². The monoisotopic (exact) mass is 474 g/mol. The molecule has 2 heterocycles. The van der Waals surface area contributed by atoms with Crippen molar-refractivity contribution in [1.82, 2.24) is 0 Å². The van der Waals surface area contributed by atoms with Crippen LogP contribution in [0.25, 0.3) is 12.2 Å². The van der Waals surface area contributed by atoms with Gasteiger partial charge in [0.15, 0.2) is 20.9 Å². The molecule has 0 aliphatic rings. The lowest BCUT2D eigenvalue weighted by Gasteiger charge is -1.99. The molecule has 2 aromatic heterocycles. The molecule has 3 aromatic rings. The molecular weight excluding hydrogens is 464 g/mol. The van der Waals surface area contributed by atoms with Gasteiger partial charge in [-0.1, -0.05) is 18.2 Å². The highest BCUT2D eigenvalue weighted by Gasteiger charge is 2.08. The minimum Gasteiger partial charge on any atom is -0.450 e. The predicted molar refractivity (Wildman–Crippen MR) is 106 cm³/mol. The van der Waals surface area contributed by atoms with Gasteiger partial charge in [0, 0.05) is 11.1 Å². The molecule has 0 aliphatic heterocycles. The van der Waals surface area contributed by atoms with Crippen molar-refractivity contribution in [3.05, 3.63) is 92.7 Å². The number of rotatable bonds is 6. The van der Waals surface area contributed by atoms with E-state index in [4.69, 9.17) is 8.83 Å². The highest BCUT2D eigenvalue weighted by molar-refractivity contribution is 9.10. The molecule has 6 heteroatoms. The van der Waals surface area contributed by atoms with E-state index in [0.717, 1.165) is 0 Å². The van der Waals surface area contributed by atoms with Gasteiger partial charge in [-0.05, 0) is 86.5 Å². The molecule has 0 unspecified atom stereocenters. The van der Waals surface area contributed by atoms with Crippen LogP contribution < -0.4 is 0 Å². The number of hydrogen-bond acceptors (Lipinski definition) is 4. The largest absolute Gasteiger partial charge is 0.450 e. The summed E-state index contributed by atoms with van der Waals surface area (Å²) in [6.07, 6.45) is 5.97. The van der Waals surface area contributed by atoms with Crippen molar-refractivity contribution >= 4 is 55.6 Å². The van der Waals surface area contributed by atoms with Gasteiger partial charge in [-0.15, -0.1) is 0 Å². The fourth-order valence-electron chi connectivity index (χ4n) is 2.17. The van der Waals surface area contributed by atoms with E-state index in [-0.39, 0.29) is 11.6 Å². The number of allylic oxidation sites excluding steroid dienone is 2. The lowest BCUT2D eigenvalue weighted by atomic mass is 10.0. The first-order valence-corrected chi connectivity index (χ1v) is 9.15. The summed E-state index contributed by atoms with van der Waals surface area (Å²) in [5.74, 6) is 0.687. The van der Waals surface area contributed by atoms with Gasteiger partial charge in [0.05, 0.1) is 0 Å². The molecule has 0 amide bonds. The van der Waals surface area contributed by atoms with E-state index < -0.39 is 0 Å². The number of halogens is 2. The summed E-state index contributed by atoms with van der Waals surface area (Å²) < 4.78 is 11.8. The first-order chi connectivity index (χ1) is 12.5. The lowest BCUT2D eigenvalue weighted by molar-refractivity contribution is 0.104. The molecule has 0 N–H and O–H groups in total. The molecule has 3 rings (SSSR count). The van der Waals surface area contributed by atoms with Gasteiger partial charge in [0.1, 0.15) is 11.5 Å². The standard InChI is InChI=1S/C20H12Br2O4/c21-19-10-6-15(25-19)4-8-17(23)13-2-1-3-14(12-13)18(24)9-5-16-7-11-20(22)26-16/h1-12H/b8-4+,9-5+. The van der Waals surface area contributed by atoms with E-state index in [1.807, 2.05) is 0 Å². The Hall–Kier alpha value is -2.44. The smallest absolute Gasteiger partial charge is 0.185 e. The third-order valence-electron chi connectivity index (χ3n) is 3.42. The van der Waals surface area contributed by atoms with Gasteiger partial charge in [-0.3, -0.25) is 9.59 Å². The van der Waals surface area contributed by atoms with Crippen LogP contribution in [0.2, 0.25) is 0 Å². The second-order valence-electron chi connectivity index (χ2n) is 5.26. The van der Waals surface area contributed by atoms with E-state index in [0.29, 0.717) is 32.0 Å². The average molecular weight is 476 g/mol. The maximum atomic E-state index is 12.3. The van der Waals surface area contributed by atoms with Crippen molar-refractivity contribution in [2.75, 3.05) is 0 Å². The van der Waals surface area contributed by atoms with Crippen LogP contribution in [-0.2, 0) is 0 Å². The molecule has 0 radical (unpaired) electrons. The minimum atomic E-state index is -0.217. The molecule has 0 spiro atoms. The van der Waals surface area contributed by atoms with Crippen LogP contribution in [0.1, 0.15) is 32.2 Å². The summed E-state index contributed by atoms with van der Waals surface area (Å²) in [6, 6.07) is 13.5. The molecule has 0 saturated heterocycles. The van der Waals surface area contributed by atoms with E-state index in [2.05, 4.69) is 31.9 Å². The van der Waals surface area contributed by atoms with Gasteiger partial charge < -0.3 is 8.83 Å². The first kappa shape index (κ1) is 18.4. The quantitative estimate of drug-likeness (QED) is 0.315. The molecule has 0 bridgehead atoms. The zero-order chi connectivity index (χ0) is 18.5. The lowest BCUT2D eigenvalue weighted by Crippen LogP contribution is -1.99. The fourth-order valence-corrected chi connectivity index (χ4v) is 2.81. The zero-order valence-electron chi connectivity index (χ0n) is 13.3. The van der Waals surface area contributed by atoms with E-state index in [1.54, 1.807) is 60.7 Å². The number of carbonyl (C=O) groups is 2. The van der Waals surface area contributed by atoms with Gasteiger partial charge in [-0.2, -0.15) is 0 Å². The summed E-state index contributed by atoms with van der Waals surface area (Å²) in [5, 5.41) is 0. The minimum absolute atomic E-state index is 0.217. The van der Waals surface area contributed by atoms with Gasteiger partial charge in [0.25, 0.3) is 0 Å². The second-order valence-corrected chi connectivity index (χ2v) is 6.82. The Morgan fingerprint density at radius 3 is 1.58 bits per heavy atom. The Labute approximate surface area is 166 Å². The molecule has 0 aliphatic carbocycles. The van der Waals surface area contributed by atoms with Crippen LogP contribution in [0, 0.1) is 0 Å². The average Bonchev–Trinajstić information content (AvgIpc) is 3.25. The Morgan fingerprint density at radius 1 is 0.731 bits per heavy atom. The molecule has 4 nitrogen and oxygen atoms in total. The van der Waals surface area contributed by atoms with Crippen molar-refractivity contribution in [3.8, 4) is 0 Å².